The second-order valence-corrected chi connectivity index (χ2v) is 2.41. The van der Waals surface area contributed by atoms with Gasteiger partial charge in [0.25, 0.3) is 0 Å². The van der Waals surface area contributed by atoms with E-state index in [0.717, 1.165) is 18.1 Å². The maximum Gasteiger partial charge on any atom is 0.225 e. The molecule has 0 radical (unpaired) electrons. The van der Waals surface area contributed by atoms with Crippen molar-refractivity contribution in [3.63, 3.8) is 0 Å². The number of hydrogen-bond acceptors (Lipinski definition) is 3. The molecule has 2 nitrogen and oxygen atoms in total. The van der Waals surface area contributed by atoms with E-state index < -0.39 is 0 Å². The molecule has 0 heterocycles. The van der Waals surface area contributed by atoms with Crippen LogP contribution >= 0.6 is 12.3 Å². The third-order valence-electron chi connectivity index (χ3n) is 1.04. The molecule has 1 rings (SSSR count). The lowest BCUT2D eigenvalue weighted by molar-refractivity contribution is 0.369. The first-order valence-electron chi connectivity index (χ1n) is 3.44. The Labute approximate surface area is 70.9 Å². The molecule has 3 heteroatoms. The summed E-state index contributed by atoms with van der Waals surface area (Å²) in [6.45, 7) is 2.57. The van der Waals surface area contributed by atoms with Gasteiger partial charge in [0.05, 0.1) is 6.61 Å². The minimum absolute atomic E-state index is 0.650. The van der Waals surface area contributed by atoms with Crippen molar-refractivity contribution in [2.24, 2.45) is 0 Å². The minimum atomic E-state index is 0.650. The summed E-state index contributed by atoms with van der Waals surface area (Å²) >= 11 is 1.01. The van der Waals surface area contributed by atoms with Crippen molar-refractivity contribution in [3.05, 3.63) is 30.3 Å². The Bertz CT molecular complexity index is 189. The molecule has 0 atom stereocenters. The van der Waals surface area contributed by atoms with E-state index in [9.17, 15) is 0 Å². The van der Waals surface area contributed by atoms with Crippen LogP contribution in [0.25, 0.3) is 0 Å². The highest BCUT2D eigenvalue weighted by Crippen LogP contribution is 2.15. The molecule has 1 aromatic rings. The molecule has 1 aromatic carbocycles. The minimum Gasteiger partial charge on any atom is -0.400 e. The van der Waals surface area contributed by atoms with Gasteiger partial charge >= 0.3 is 0 Å². The molecular weight excluding hydrogens is 160 g/mol. The molecule has 0 amide bonds. The van der Waals surface area contributed by atoms with Gasteiger partial charge in [-0.1, -0.05) is 18.2 Å². The van der Waals surface area contributed by atoms with Crippen LogP contribution in [-0.4, -0.2) is 6.61 Å². The van der Waals surface area contributed by atoms with Crippen LogP contribution in [0, 0.1) is 0 Å². The van der Waals surface area contributed by atoms with E-state index in [2.05, 4.69) is 0 Å². The van der Waals surface area contributed by atoms with E-state index in [1.165, 1.54) is 0 Å². The van der Waals surface area contributed by atoms with Crippen molar-refractivity contribution in [3.8, 4) is 5.75 Å². The lowest BCUT2D eigenvalue weighted by Gasteiger charge is -2.00. The molecule has 0 aliphatic heterocycles. The van der Waals surface area contributed by atoms with Gasteiger partial charge in [-0.2, -0.15) is 0 Å². The second-order valence-electron chi connectivity index (χ2n) is 1.87. The average Bonchev–Trinajstić information content (AvgIpc) is 2.07. The first-order valence-corrected chi connectivity index (χ1v) is 4.11. The molecule has 0 spiro atoms. The van der Waals surface area contributed by atoms with Gasteiger partial charge in [-0.25, -0.2) is 0 Å². The standard InChI is InChI=1S/C8H10O2S/c1-2-9-11-10-8-6-4-3-5-7-8/h3-7H,2H2,1H3. The fourth-order valence-corrected chi connectivity index (χ4v) is 0.922. The van der Waals surface area contributed by atoms with Crippen molar-refractivity contribution < 1.29 is 8.37 Å². The van der Waals surface area contributed by atoms with E-state index in [-0.39, 0.29) is 0 Å². The Kier molecular flexibility index (Phi) is 3.86. The highest BCUT2D eigenvalue weighted by Gasteiger charge is 1.90. The molecule has 0 unspecified atom stereocenters. The molecule has 0 aliphatic carbocycles. The molecule has 0 fully saturated rings. The molecule has 0 N–H and O–H groups in total. The maximum atomic E-state index is 5.14. The van der Waals surface area contributed by atoms with Crippen molar-refractivity contribution in [2.45, 2.75) is 6.92 Å². The monoisotopic (exact) mass is 170 g/mol. The van der Waals surface area contributed by atoms with Crippen LogP contribution in [0.3, 0.4) is 0 Å². The van der Waals surface area contributed by atoms with Gasteiger partial charge in [0, 0.05) is 0 Å². The number of hydrogen-bond donors (Lipinski definition) is 0. The Morgan fingerprint density at radius 2 is 2.00 bits per heavy atom. The predicted molar refractivity (Wildman–Crippen MR) is 46.3 cm³/mol. The van der Waals surface area contributed by atoms with E-state index in [0.29, 0.717) is 6.61 Å². The zero-order valence-electron chi connectivity index (χ0n) is 6.32. The maximum absolute atomic E-state index is 5.14. The summed E-state index contributed by atoms with van der Waals surface area (Å²) in [6, 6.07) is 9.54. The van der Waals surface area contributed by atoms with Crippen molar-refractivity contribution in [1.29, 1.82) is 0 Å². The highest BCUT2D eigenvalue weighted by molar-refractivity contribution is 7.90. The number of benzene rings is 1. The smallest absolute Gasteiger partial charge is 0.225 e. The van der Waals surface area contributed by atoms with Gasteiger partial charge in [-0.15, -0.1) is 0 Å². The summed E-state index contributed by atoms with van der Waals surface area (Å²) < 4.78 is 10.1. The SMILES string of the molecule is CCOSOc1ccccc1. The van der Waals surface area contributed by atoms with Crippen molar-refractivity contribution in [2.75, 3.05) is 6.61 Å². The van der Waals surface area contributed by atoms with Crippen molar-refractivity contribution in [1.82, 2.24) is 0 Å². The van der Waals surface area contributed by atoms with E-state index in [4.69, 9.17) is 8.37 Å². The van der Waals surface area contributed by atoms with Gasteiger partial charge in [0.1, 0.15) is 5.75 Å². The fraction of sp³-hybridized carbons (Fsp3) is 0.250. The summed E-state index contributed by atoms with van der Waals surface area (Å²) in [5.41, 5.74) is 0. The topological polar surface area (TPSA) is 18.5 Å². The molecule has 60 valence electrons. The second kappa shape index (κ2) is 5.04. The largest absolute Gasteiger partial charge is 0.400 e. The Hall–Kier alpha value is -0.670. The van der Waals surface area contributed by atoms with Crippen LogP contribution in [0.1, 0.15) is 6.92 Å². The van der Waals surface area contributed by atoms with Gasteiger partial charge in [0.2, 0.25) is 12.3 Å². The van der Waals surface area contributed by atoms with E-state index in [1.807, 2.05) is 37.3 Å². The van der Waals surface area contributed by atoms with Gasteiger partial charge in [-0.3, -0.25) is 4.18 Å². The third-order valence-corrected chi connectivity index (χ3v) is 1.63. The van der Waals surface area contributed by atoms with Crippen LogP contribution in [0.4, 0.5) is 0 Å². The van der Waals surface area contributed by atoms with E-state index >= 15 is 0 Å². The molecule has 0 saturated heterocycles. The first kappa shape index (κ1) is 8.43. The summed E-state index contributed by atoms with van der Waals surface area (Å²) in [7, 11) is 0. The number of para-hydroxylation sites is 1. The summed E-state index contributed by atoms with van der Waals surface area (Å²) in [5.74, 6) is 0.811. The fourth-order valence-electron chi connectivity index (χ4n) is 0.588. The molecule has 11 heavy (non-hydrogen) atoms. The van der Waals surface area contributed by atoms with Gasteiger partial charge < -0.3 is 4.18 Å². The van der Waals surface area contributed by atoms with Crippen molar-refractivity contribution >= 4 is 12.3 Å². The lowest BCUT2D eigenvalue weighted by Crippen LogP contribution is -1.83. The molecular formula is C8H10O2S. The first-order chi connectivity index (χ1) is 5.43. The van der Waals surface area contributed by atoms with Crippen LogP contribution < -0.4 is 4.18 Å². The molecule has 0 aliphatic rings. The van der Waals surface area contributed by atoms with Gasteiger partial charge in [-0.05, 0) is 19.1 Å². The number of rotatable bonds is 4. The van der Waals surface area contributed by atoms with Crippen LogP contribution in [0.2, 0.25) is 0 Å². The van der Waals surface area contributed by atoms with Crippen LogP contribution in [0.15, 0.2) is 30.3 Å². The average molecular weight is 170 g/mol. The predicted octanol–water partition coefficient (Wildman–Crippen LogP) is 2.67. The Morgan fingerprint density at radius 3 is 2.64 bits per heavy atom. The molecule has 0 bridgehead atoms. The zero-order chi connectivity index (χ0) is 7.94. The zero-order valence-corrected chi connectivity index (χ0v) is 7.14. The Morgan fingerprint density at radius 1 is 1.27 bits per heavy atom. The summed E-state index contributed by atoms with van der Waals surface area (Å²) in [4.78, 5) is 0. The summed E-state index contributed by atoms with van der Waals surface area (Å²) in [5, 5.41) is 0. The molecule has 0 saturated carbocycles. The van der Waals surface area contributed by atoms with Gasteiger partial charge in [0.15, 0.2) is 0 Å². The quantitative estimate of drug-likeness (QED) is 0.511. The lowest BCUT2D eigenvalue weighted by atomic mass is 10.3. The molecule has 0 aromatic heterocycles. The normalized spacial score (nSPS) is 9.55. The van der Waals surface area contributed by atoms with Crippen LogP contribution in [-0.2, 0) is 4.18 Å². The van der Waals surface area contributed by atoms with E-state index in [1.54, 1.807) is 0 Å². The van der Waals surface area contributed by atoms with Crippen LogP contribution in [0.5, 0.6) is 5.75 Å². The Balaban J connectivity index is 2.28. The highest BCUT2D eigenvalue weighted by atomic mass is 32.2. The third kappa shape index (κ3) is 3.30. The summed E-state index contributed by atoms with van der Waals surface area (Å²) in [6.07, 6.45) is 0.